The Labute approximate surface area is 183 Å². The van der Waals surface area contributed by atoms with E-state index < -0.39 is 6.04 Å². The van der Waals surface area contributed by atoms with Crippen LogP contribution in [0.15, 0.2) is 53.9 Å². The Morgan fingerprint density at radius 2 is 1.97 bits per heavy atom. The van der Waals surface area contributed by atoms with Crippen LogP contribution in [-0.2, 0) is 22.4 Å². The van der Waals surface area contributed by atoms with E-state index in [1.54, 1.807) is 17.4 Å². The average Bonchev–Trinajstić information content (AvgIpc) is 3.34. The second-order valence-corrected chi connectivity index (χ2v) is 10.3. The number of nitrogens with zero attached hydrogens (tertiary/aromatic N) is 1. The number of hydrogen-bond donors (Lipinski definition) is 1. The van der Waals surface area contributed by atoms with Crippen molar-refractivity contribution in [3.63, 3.8) is 0 Å². The minimum absolute atomic E-state index is 0.00585. The molecule has 0 fully saturated rings. The van der Waals surface area contributed by atoms with Crippen LogP contribution in [0.4, 0.5) is 5.69 Å². The van der Waals surface area contributed by atoms with E-state index in [-0.39, 0.29) is 23.0 Å². The summed E-state index contributed by atoms with van der Waals surface area (Å²) in [7, 11) is 0. The van der Waals surface area contributed by atoms with Gasteiger partial charge in [-0.2, -0.15) is 0 Å². The van der Waals surface area contributed by atoms with E-state index in [2.05, 4.69) is 26.8 Å². The Bertz CT molecular complexity index is 896. The number of carbonyl (C=O) groups is 2. The molecule has 5 heteroatoms. The van der Waals surface area contributed by atoms with Gasteiger partial charge in [-0.25, -0.2) is 0 Å². The second-order valence-electron chi connectivity index (χ2n) is 9.31. The maximum absolute atomic E-state index is 12.8. The van der Waals surface area contributed by atoms with Gasteiger partial charge >= 0.3 is 0 Å². The highest BCUT2D eigenvalue weighted by molar-refractivity contribution is 7.09. The minimum Gasteiger partial charge on any atom is -0.321 e. The number of fused-ring (bicyclic) bond motifs is 1. The molecule has 0 radical (unpaired) electrons. The molecule has 2 heterocycles. The van der Waals surface area contributed by atoms with E-state index in [0.29, 0.717) is 19.4 Å². The van der Waals surface area contributed by atoms with Crippen LogP contribution in [-0.4, -0.2) is 24.3 Å². The number of hydrogen-bond acceptors (Lipinski definition) is 4. The van der Waals surface area contributed by atoms with E-state index in [1.807, 2.05) is 46.7 Å². The monoisotopic (exact) mass is 424 g/mol. The molecule has 2 N–H and O–H groups in total. The van der Waals surface area contributed by atoms with Gasteiger partial charge in [-0.3, -0.25) is 9.59 Å². The van der Waals surface area contributed by atoms with Gasteiger partial charge < -0.3 is 10.6 Å². The Balaban J connectivity index is 1.66. The third kappa shape index (κ3) is 6.13. The molecule has 1 aliphatic rings. The molecule has 1 aliphatic heterocycles. The quantitative estimate of drug-likeness (QED) is 0.621. The average molecular weight is 425 g/mol. The van der Waals surface area contributed by atoms with Crippen LogP contribution in [0.25, 0.3) is 0 Å². The number of para-hydroxylation sites is 1. The number of thiophene rings is 1. The van der Waals surface area contributed by atoms with Gasteiger partial charge in [-0.05, 0) is 53.3 Å². The Hall–Kier alpha value is -2.24. The first-order valence-electron chi connectivity index (χ1n) is 10.6. The van der Waals surface area contributed by atoms with Crippen LogP contribution in [0.3, 0.4) is 0 Å². The normalized spacial score (nSPS) is 15.9. The van der Waals surface area contributed by atoms with Gasteiger partial charge in [-0.15, -0.1) is 11.3 Å². The van der Waals surface area contributed by atoms with E-state index in [9.17, 15) is 9.59 Å². The Kier molecular flexibility index (Phi) is 7.27. The number of amides is 1. The van der Waals surface area contributed by atoms with Crippen LogP contribution in [0.1, 0.15) is 44.1 Å². The predicted molar refractivity (Wildman–Crippen MR) is 125 cm³/mol. The lowest BCUT2D eigenvalue weighted by Gasteiger charge is -2.24. The molecule has 1 aromatic carbocycles. The number of Topliss-reactive ketones (excluding diaryl/α,β-unsaturated/α-hetero) is 1. The molecule has 0 spiro atoms. The van der Waals surface area contributed by atoms with E-state index in [1.165, 1.54) is 5.56 Å². The van der Waals surface area contributed by atoms with Crippen molar-refractivity contribution in [3.8, 4) is 0 Å². The molecule has 0 saturated carbocycles. The zero-order valence-corrected chi connectivity index (χ0v) is 19.0. The molecule has 0 saturated heterocycles. The number of benzene rings is 1. The summed E-state index contributed by atoms with van der Waals surface area (Å²) in [6.45, 7) is 7.17. The maximum atomic E-state index is 12.8. The second kappa shape index (κ2) is 9.71. The molecular weight excluding hydrogens is 392 g/mol. The molecule has 4 nitrogen and oxygen atoms in total. The topological polar surface area (TPSA) is 63.4 Å². The third-order valence-corrected chi connectivity index (χ3v) is 6.32. The maximum Gasteiger partial charge on any atom is 0.250 e. The van der Waals surface area contributed by atoms with Crippen molar-refractivity contribution in [2.24, 2.45) is 17.1 Å². The summed E-state index contributed by atoms with van der Waals surface area (Å²) in [5, 5.41) is 2.00. The molecule has 0 bridgehead atoms. The molecule has 0 aliphatic carbocycles. The fourth-order valence-electron chi connectivity index (χ4n) is 4.04. The van der Waals surface area contributed by atoms with Crippen LogP contribution >= 0.6 is 11.3 Å². The first-order chi connectivity index (χ1) is 14.2. The highest BCUT2D eigenvalue weighted by Gasteiger charge is 2.25. The van der Waals surface area contributed by atoms with Gasteiger partial charge in [0.1, 0.15) is 5.78 Å². The van der Waals surface area contributed by atoms with Gasteiger partial charge in [0.2, 0.25) is 0 Å². The molecular formula is C25H32N2O2S. The summed E-state index contributed by atoms with van der Waals surface area (Å²) < 4.78 is 0. The number of rotatable bonds is 8. The number of allylic oxidation sites excluding steroid dienone is 1. The fourth-order valence-corrected chi connectivity index (χ4v) is 4.80. The summed E-state index contributed by atoms with van der Waals surface area (Å²) in [6, 6.07) is 11.5. The van der Waals surface area contributed by atoms with Crippen LogP contribution in [0, 0.1) is 11.3 Å². The Morgan fingerprint density at radius 1 is 1.20 bits per heavy atom. The number of carbonyl (C=O) groups excluding carboxylic acids is 2. The van der Waals surface area contributed by atoms with E-state index in [0.717, 1.165) is 23.4 Å². The molecule has 160 valence electrons. The summed E-state index contributed by atoms with van der Waals surface area (Å²) in [4.78, 5) is 28.6. The first-order valence-corrected chi connectivity index (χ1v) is 11.5. The molecule has 3 rings (SSSR count). The van der Waals surface area contributed by atoms with E-state index >= 15 is 0 Å². The van der Waals surface area contributed by atoms with Crippen molar-refractivity contribution >= 4 is 28.7 Å². The minimum atomic E-state index is -0.499. The van der Waals surface area contributed by atoms with Crippen molar-refractivity contribution in [2.45, 2.75) is 52.5 Å². The van der Waals surface area contributed by atoms with Crippen molar-refractivity contribution in [3.05, 3.63) is 64.4 Å². The van der Waals surface area contributed by atoms with Crippen LogP contribution < -0.4 is 10.6 Å². The number of ketones is 1. The summed E-state index contributed by atoms with van der Waals surface area (Å²) in [5.74, 6) is 0.0316. The van der Waals surface area contributed by atoms with Gasteiger partial charge in [0.05, 0.1) is 6.04 Å². The van der Waals surface area contributed by atoms with Gasteiger partial charge in [-0.1, -0.05) is 51.1 Å². The van der Waals surface area contributed by atoms with Crippen molar-refractivity contribution < 1.29 is 9.59 Å². The molecule has 30 heavy (non-hydrogen) atoms. The summed E-state index contributed by atoms with van der Waals surface area (Å²) in [6.07, 6.45) is 6.22. The SMILES string of the molecule is CC(C)(C)C[C@@H](/C=C/C(=O)N1CCc2ccccc21)CC(=O)[C@@H](N)Cc1cccs1. The van der Waals surface area contributed by atoms with E-state index in [4.69, 9.17) is 5.73 Å². The highest BCUT2D eigenvalue weighted by Crippen LogP contribution is 2.30. The summed E-state index contributed by atoms with van der Waals surface area (Å²) >= 11 is 1.62. The number of nitrogens with two attached hydrogens (primary N) is 1. The Morgan fingerprint density at radius 3 is 2.67 bits per heavy atom. The predicted octanol–water partition coefficient (Wildman–Crippen LogP) is 4.78. The summed E-state index contributed by atoms with van der Waals surface area (Å²) in [5.41, 5.74) is 8.44. The lowest BCUT2D eigenvalue weighted by atomic mass is 9.81. The largest absolute Gasteiger partial charge is 0.321 e. The van der Waals surface area contributed by atoms with Gasteiger partial charge in [0, 0.05) is 30.0 Å². The van der Waals surface area contributed by atoms with Gasteiger partial charge in [0.15, 0.2) is 0 Å². The van der Waals surface area contributed by atoms with Crippen LogP contribution in [0.2, 0.25) is 0 Å². The van der Waals surface area contributed by atoms with Crippen molar-refractivity contribution in [1.29, 1.82) is 0 Å². The molecule has 1 amide bonds. The zero-order valence-electron chi connectivity index (χ0n) is 18.1. The zero-order chi connectivity index (χ0) is 21.7. The molecule has 0 unspecified atom stereocenters. The third-order valence-electron chi connectivity index (χ3n) is 5.42. The van der Waals surface area contributed by atoms with Crippen molar-refractivity contribution in [2.75, 3.05) is 11.4 Å². The number of anilines is 1. The smallest absolute Gasteiger partial charge is 0.250 e. The van der Waals surface area contributed by atoms with Crippen molar-refractivity contribution in [1.82, 2.24) is 0 Å². The van der Waals surface area contributed by atoms with Gasteiger partial charge in [0.25, 0.3) is 5.91 Å². The molecule has 1 aromatic heterocycles. The van der Waals surface area contributed by atoms with Crippen LogP contribution in [0.5, 0.6) is 0 Å². The lowest BCUT2D eigenvalue weighted by Crippen LogP contribution is -2.34. The fraction of sp³-hybridized carbons (Fsp3) is 0.440. The first kappa shape index (κ1) is 22.4. The standard InChI is InChI=1S/C25H32N2O2S/c1-25(2,3)17-18(15-23(28)21(26)16-20-8-6-14-30-20)10-11-24(29)27-13-12-19-7-4-5-9-22(19)27/h4-11,14,18,21H,12-13,15-17,26H2,1-3H3/b11-10+/t18-,21-/m0/s1. The molecule has 2 aromatic rings. The lowest BCUT2D eigenvalue weighted by molar-refractivity contribution is -0.121. The molecule has 2 atom stereocenters. The highest BCUT2D eigenvalue weighted by atomic mass is 32.1.